The second-order valence-electron chi connectivity index (χ2n) is 3.58. The van der Waals surface area contributed by atoms with E-state index in [1.54, 1.807) is 18.2 Å². The quantitative estimate of drug-likeness (QED) is 0.838. The molecular formula is C12H17F2NO2. The molecule has 5 heteroatoms. The summed E-state index contributed by atoms with van der Waals surface area (Å²) in [6, 6.07) is 4.31. The van der Waals surface area contributed by atoms with Crippen molar-refractivity contribution in [2.24, 2.45) is 5.73 Å². The van der Waals surface area contributed by atoms with Gasteiger partial charge in [0.05, 0.1) is 13.7 Å². The van der Waals surface area contributed by atoms with Gasteiger partial charge in [-0.25, -0.2) is 8.78 Å². The normalized spacial score (nSPS) is 12.6. The van der Waals surface area contributed by atoms with Crippen LogP contribution in [0.5, 0.6) is 11.5 Å². The molecule has 0 fully saturated rings. The minimum atomic E-state index is -2.41. The van der Waals surface area contributed by atoms with Crippen LogP contribution in [0.25, 0.3) is 0 Å². The van der Waals surface area contributed by atoms with Crippen LogP contribution in [0, 0.1) is 0 Å². The standard InChI is InChI=1S/C12H17F2NO2/c1-3-17-10-5-4-8(6-11(10)16-2)9(15)7-12(13)14/h4-6,9,12H,3,7,15H2,1-2H3/t9-/m0/s1. The van der Waals surface area contributed by atoms with E-state index in [0.717, 1.165) is 0 Å². The molecule has 17 heavy (non-hydrogen) atoms. The molecule has 0 unspecified atom stereocenters. The van der Waals surface area contributed by atoms with Gasteiger partial charge >= 0.3 is 0 Å². The molecule has 3 nitrogen and oxygen atoms in total. The summed E-state index contributed by atoms with van der Waals surface area (Å²) in [6.07, 6.45) is -2.78. The third-order valence-electron chi connectivity index (χ3n) is 2.35. The van der Waals surface area contributed by atoms with E-state index < -0.39 is 12.5 Å². The van der Waals surface area contributed by atoms with Gasteiger partial charge in [0, 0.05) is 12.5 Å². The Labute approximate surface area is 99.5 Å². The van der Waals surface area contributed by atoms with E-state index in [4.69, 9.17) is 15.2 Å². The fourth-order valence-corrected chi connectivity index (χ4v) is 1.52. The summed E-state index contributed by atoms with van der Waals surface area (Å²) in [5, 5.41) is 0. The van der Waals surface area contributed by atoms with Gasteiger partial charge in [-0.1, -0.05) is 6.07 Å². The molecule has 0 aliphatic carbocycles. The van der Waals surface area contributed by atoms with Crippen LogP contribution < -0.4 is 15.2 Å². The fourth-order valence-electron chi connectivity index (χ4n) is 1.52. The van der Waals surface area contributed by atoms with Crippen molar-refractivity contribution in [2.75, 3.05) is 13.7 Å². The van der Waals surface area contributed by atoms with Gasteiger partial charge in [0.25, 0.3) is 0 Å². The van der Waals surface area contributed by atoms with Gasteiger partial charge in [0.2, 0.25) is 6.43 Å². The van der Waals surface area contributed by atoms with Crippen molar-refractivity contribution in [2.45, 2.75) is 25.8 Å². The van der Waals surface area contributed by atoms with Crippen molar-refractivity contribution in [3.8, 4) is 11.5 Å². The van der Waals surface area contributed by atoms with Crippen LogP contribution in [0.15, 0.2) is 18.2 Å². The van der Waals surface area contributed by atoms with Crippen LogP contribution in [0.3, 0.4) is 0 Å². The number of nitrogens with two attached hydrogens (primary N) is 1. The molecule has 1 aromatic rings. The molecule has 1 atom stereocenters. The van der Waals surface area contributed by atoms with Gasteiger partial charge in [-0.3, -0.25) is 0 Å². The lowest BCUT2D eigenvalue weighted by Gasteiger charge is -2.15. The topological polar surface area (TPSA) is 44.5 Å². The van der Waals surface area contributed by atoms with Crippen molar-refractivity contribution in [1.29, 1.82) is 0 Å². The molecule has 0 saturated heterocycles. The zero-order valence-electron chi connectivity index (χ0n) is 9.95. The molecule has 0 aromatic heterocycles. The van der Waals surface area contributed by atoms with E-state index in [0.29, 0.717) is 23.7 Å². The van der Waals surface area contributed by atoms with E-state index in [1.165, 1.54) is 7.11 Å². The highest BCUT2D eigenvalue weighted by molar-refractivity contribution is 5.43. The first-order chi connectivity index (χ1) is 8.08. The lowest BCUT2D eigenvalue weighted by atomic mass is 10.0. The molecule has 0 bridgehead atoms. The predicted octanol–water partition coefficient (Wildman–Crippen LogP) is 2.75. The highest BCUT2D eigenvalue weighted by atomic mass is 19.3. The molecule has 0 aliphatic heterocycles. The van der Waals surface area contributed by atoms with Crippen molar-refractivity contribution in [3.05, 3.63) is 23.8 Å². The molecule has 0 radical (unpaired) electrons. The molecular weight excluding hydrogens is 228 g/mol. The van der Waals surface area contributed by atoms with E-state index in [2.05, 4.69) is 0 Å². The van der Waals surface area contributed by atoms with Gasteiger partial charge in [0.15, 0.2) is 11.5 Å². The SMILES string of the molecule is CCOc1ccc([C@@H](N)CC(F)F)cc1OC. The smallest absolute Gasteiger partial charge is 0.240 e. The second-order valence-corrected chi connectivity index (χ2v) is 3.58. The van der Waals surface area contributed by atoms with Gasteiger partial charge < -0.3 is 15.2 Å². The predicted molar refractivity (Wildman–Crippen MR) is 61.7 cm³/mol. The number of hydrogen-bond acceptors (Lipinski definition) is 3. The molecule has 0 amide bonds. The van der Waals surface area contributed by atoms with Crippen LogP contribution in [0.2, 0.25) is 0 Å². The van der Waals surface area contributed by atoms with Crippen molar-refractivity contribution in [1.82, 2.24) is 0 Å². The highest BCUT2D eigenvalue weighted by Gasteiger charge is 2.15. The maximum atomic E-state index is 12.2. The van der Waals surface area contributed by atoms with Gasteiger partial charge in [0.1, 0.15) is 0 Å². The molecule has 1 rings (SSSR count). The summed E-state index contributed by atoms with van der Waals surface area (Å²) in [5.41, 5.74) is 6.28. The number of hydrogen-bond donors (Lipinski definition) is 1. The van der Waals surface area contributed by atoms with Crippen molar-refractivity contribution in [3.63, 3.8) is 0 Å². The second kappa shape index (κ2) is 6.39. The Balaban J connectivity index is 2.88. The van der Waals surface area contributed by atoms with Crippen LogP contribution in [-0.2, 0) is 0 Å². The van der Waals surface area contributed by atoms with Gasteiger partial charge in [-0.15, -0.1) is 0 Å². The van der Waals surface area contributed by atoms with Crippen LogP contribution >= 0.6 is 0 Å². The average molecular weight is 245 g/mol. The molecule has 0 saturated carbocycles. The Morgan fingerprint density at radius 1 is 1.29 bits per heavy atom. The minimum Gasteiger partial charge on any atom is -0.493 e. The summed E-state index contributed by atoms with van der Waals surface area (Å²) < 4.78 is 34.9. The molecule has 96 valence electrons. The first kappa shape index (κ1) is 13.7. The Kier molecular flexibility index (Phi) is 5.15. The first-order valence-corrected chi connectivity index (χ1v) is 5.43. The number of ether oxygens (including phenoxy) is 2. The molecule has 1 aromatic carbocycles. The lowest BCUT2D eigenvalue weighted by molar-refractivity contribution is 0.128. The fraction of sp³-hybridized carbons (Fsp3) is 0.500. The number of halogens is 2. The zero-order chi connectivity index (χ0) is 12.8. The summed E-state index contributed by atoms with van der Waals surface area (Å²) >= 11 is 0. The molecule has 0 aliphatic rings. The Hall–Kier alpha value is -1.36. The third kappa shape index (κ3) is 3.85. The molecule has 0 spiro atoms. The minimum absolute atomic E-state index is 0.364. The Morgan fingerprint density at radius 3 is 2.53 bits per heavy atom. The third-order valence-corrected chi connectivity index (χ3v) is 2.35. The number of benzene rings is 1. The Morgan fingerprint density at radius 2 is 2.00 bits per heavy atom. The monoisotopic (exact) mass is 245 g/mol. The largest absolute Gasteiger partial charge is 0.493 e. The highest BCUT2D eigenvalue weighted by Crippen LogP contribution is 2.31. The van der Waals surface area contributed by atoms with Gasteiger partial charge in [-0.2, -0.15) is 0 Å². The summed E-state index contributed by atoms with van der Waals surface area (Å²) in [6.45, 7) is 2.37. The number of rotatable bonds is 6. The van der Waals surface area contributed by atoms with Crippen molar-refractivity contribution < 1.29 is 18.3 Å². The van der Waals surface area contributed by atoms with Crippen LogP contribution in [0.1, 0.15) is 24.9 Å². The Bertz CT molecular complexity index is 358. The zero-order valence-corrected chi connectivity index (χ0v) is 9.95. The van der Waals surface area contributed by atoms with Crippen LogP contribution in [0.4, 0.5) is 8.78 Å². The maximum absolute atomic E-state index is 12.2. The van der Waals surface area contributed by atoms with E-state index in [9.17, 15) is 8.78 Å². The summed E-state index contributed by atoms with van der Waals surface area (Å²) in [7, 11) is 1.50. The maximum Gasteiger partial charge on any atom is 0.240 e. The number of methoxy groups -OCH3 is 1. The first-order valence-electron chi connectivity index (χ1n) is 5.43. The lowest BCUT2D eigenvalue weighted by Crippen LogP contribution is -2.14. The average Bonchev–Trinajstić information content (AvgIpc) is 2.29. The van der Waals surface area contributed by atoms with E-state index in [1.807, 2.05) is 6.92 Å². The molecule has 2 N–H and O–H groups in total. The van der Waals surface area contributed by atoms with E-state index >= 15 is 0 Å². The number of alkyl halides is 2. The van der Waals surface area contributed by atoms with E-state index in [-0.39, 0.29) is 6.42 Å². The molecule has 0 heterocycles. The van der Waals surface area contributed by atoms with Crippen molar-refractivity contribution >= 4 is 0 Å². The summed E-state index contributed by atoms with van der Waals surface area (Å²) in [5.74, 6) is 1.09. The summed E-state index contributed by atoms with van der Waals surface area (Å²) in [4.78, 5) is 0. The van der Waals surface area contributed by atoms with Gasteiger partial charge in [-0.05, 0) is 24.6 Å². The van der Waals surface area contributed by atoms with Crippen LogP contribution in [-0.4, -0.2) is 20.1 Å².